The third-order valence-corrected chi connectivity index (χ3v) is 9.66. The van der Waals surface area contributed by atoms with Gasteiger partial charge in [-0.15, -0.1) is 0 Å². The van der Waals surface area contributed by atoms with Gasteiger partial charge in [0.05, 0.1) is 0 Å². The van der Waals surface area contributed by atoms with E-state index >= 15 is 0 Å². The topological polar surface area (TPSA) is 101 Å². The fourth-order valence-corrected chi connectivity index (χ4v) is 6.79. The van der Waals surface area contributed by atoms with E-state index in [1.54, 1.807) is 13.3 Å². The summed E-state index contributed by atoms with van der Waals surface area (Å²) in [7, 11) is 5.59. The van der Waals surface area contributed by atoms with Gasteiger partial charge in [-0.1, -0.05) is 18.2 Å². The first kappa shape index (κ1) is 30.2. The van der Waals surface area contributed by atoms with Crippen LogP contribution in [0.5, 0.6) is 0 Å². The average molecular weight is 600 g/mol. The molecule has 0 saturated heterocycles. The third-order valence-electron chi connectivity index (χ3n) is 9.66. The zero-order valence-electron chi connectivity index (χ0n) is 26.2. The number of anilines is 2. The van der Waals surface area contributed by atoms with Crippen molar-refractivity contribution in [3.8, 4) is 11.3 Å². The molecule has 234 valence electrons. The van der Waals surface area contributed by atoms with Crippen LogP contribution < -0.4 is 15.1 Å². The largest absolute Gasteiger partial charge is 0.448 e. The molecule has 1 N–H and O–H groups in total. The fourth-order valence-electron chi connectivity index (χ4n) is 6.79. The van der Waals surface area contributed by atoms with Crippen molar-refractivity contribution in [3.63, 3.8) is 0 Å². The number of carbonyl (C=O) groups excluding carboxylic acids is 2. The Labute approximate surface area is 260 Å². The molecule has 2 amide bonds. The van der Waals surface area contributed by atoms with Crippen molar-refractivity contribution in [2.24, 2.45) is 11.8 Å². The lowest BCUT2D eigenvalue weighted by molar-refractivity contribution is -0.124. The van der Waals surface area contributed by atoms with Gasteiger partial charge < -0.3 is 24.3 Å². The Kier molecular flexibility index (Phi) is 9.19. The van der Waals surface area contributed by atoms with Crippen LogP contribution in [0.3, 0.4) is 0 Å². The highest BCUT2D eigenvalue weighted by atomic mass is 16.6. The van der Waals surface area contributed by atoms with E-state index in [1.807, 2.05) is 48.3 Å². The van der Waals surface area contributed by atoms with Crippen LogP contribution >= 0.6 is 0 Å². The number of hydrogen-bond acceptors (Lipinski definition) is 7. The highest BCUT2D eigenvalue weighted by molar-refractivity contribution is 5.95. The Morgan fingerprint density at radius 1 is 0.955 bits per heavy atom. The van der Waals surface area contributed by atoms with Crippen LogP contribution in [0, 0.1) is 11.8 Å². The molecule has 9 nitrogen and oxygen atoms in total. The quantitative estimate of drug-likeness (QED) is 0.285. The maximum atomic E-state index is 14.2. The van der Waals surface area contributed by atoms with Gasteiger partial charge in [0.1, 0.15) is 23.9 Å². The SMILES string of the molecule is CNC(=O)O[C@H]1CC[C@H](C(=O)N(C[C@H]2CC[C@H](c3ccc(N(C)C)nc3)CC2)c2cccc(-c3coc(C4CC4)n3)c2)CC1. The summed E-state index contributed by atoms with van der Waals surface area (Å²) in [5.41, 5.74) is 4.01. The Morgan fingerprint density at radius 2 is 1.70 bits per heavy atom. The molecule has 0 spiro atoms. The third kappa shape index (κ3) is 7.08. The predicted octanol–water partition coefficient (Wildman–Crippen LogP) is 6.90. The van der Waals surface area contributed by atoms with Crippen LogP contribution in [0.2, 0.25) is 0 Å². The summed E-state index contributed by atoms with van der Waals surface area (Å²) in [4.78, 5) is 39.4. The number of carbonyl (C=O) groups is 2. The number of rotatable bonds is 9. The Balaban J connectivity index is 1.16. The van der Waals surface area contributed by atoms with Crippen LogP contribution in [-0.2, 0) is 9.53 Å². The van der Waals surface area contributed by atoms with Gasteiger partial charge in [-0.2, -0.15) is 0 Å². The summed E-state index contributed by atoms with van der Waals surface area (Å²) in [5.74, 6) is 3.25. The number of pyridine rings is 1. The monoisotopic (exact) mass is 599 g/mol. The predicted molar refractivity (Wildman–Crippen MR) is 171 cm³/mol. The van der Waals surface area contributed by atoms with Gasteiger partial charge in [-0.25, -0.2) is 14.8 Å². The molecule has 0 radical (unpaired) electrons. The summed E-state index contributed by atoms with van der Waals surface area (Å²) in [6, 6.07) is 12.5. The molecule has 3 saturated carbocycles. The summed E-state index contributed by atoms with van der Waals surface area (Å²) in [6.45, 7) is 0.702. The molecule has 3 aliphatic rings. The summed E-state index contributed by atoms with van der Waals surface area (Å²) >= 11 is 0. The lowest BCUT2D eigenvalue weighted by Gasteiger charge is -2.36. The first-order valence-corrected chi connectivity index (χ1v) is 16.3. The van der Waals surface area contributed by atoms with Crippen molar-refractivity contribution in [1.29, 1.82) is 0 Å². The Morgan fingerprint density at radius 3 is 2.36 bits per heavy atom. The normalized spacial score (nSPS) is 23.5. The molecule has 2 heterocycles. The van der Waals surface area contributed by atoms with Crippen LogP contribution in [0.1, 0.15) is 87.5 Å². The zero-order valence-corrected chi connectivity index (χ0v) is 26.2. The number of nitrogens with zero attached hydrogens (tertiary/aromatic N) is 4. The van der Waals surface area contributed by atoms with Crippen molar-refractivity contribution in [1.82, 2.24) is 15.3 Å². The minimum Gasteiger partial charge on any atom is -0.448 e. The number of nitrogens with one attached hydrogen (secondary N) is 1. The van der Waals surface area contributed by atoms with Crippen molar-refractivity contribution >= 4 is 23.5 Å². The van der Waals surface area contributed by atoms with Gasteiger partial charge >= 0.3 is 6.09 Å². The van der Waals surface area contributed by atoms with Gasteiger partial charge in [0, 0.05) is 57.0 Å². The fraction of sp³-hybridized carbons (Fsp3) is 0.543. The van der Waals surface area contributed by atoms with Crippen LogP contribution in [0.4, 0.5) is 16.3 Å². The maximum absolute atomic E-state index is 14.2. The molecule has 0 atom stereocenters. The molecule has 0 bridgehead atoms. The molecule has 1 aromatic carbocycles. The number of ether oxygens (including phenoxy) is 1. The summed E-state index contributed by atoms with van der Waals surface area (Å²) in [6.07, 6.45) is 12.7. The smallest absolute Gasteiger partial charge is 0.407 e. The number of benzene rings is 1. The molecule has 6 rings (SSSR count). The van der Waals surface area contributed by atoms with E-state index in [9.17, 15) is 9.59 Å². The Bertz CT molecular complexity index is 1420. The van der Waals surface area contributed by atoms with E-state index in [4.69, 9.17) is 14.1 Å². The van der Waals surface area contributed by atoms with Crippen LogP contribution in [0.25, 0.3) is 11.3 Å². The first-order chi connectivity index (χ1) is 21.4. The minimum atomic E-state index is -0.407. The van der Waals surface area contributed by atoms with Gasteiger partial charge in [-0.05, 0) is 99.8 Å². The number of oxazole rings is 1. The van der Waals surface area contributed by atoms with E-state index in [0.29, 0.717) is 50.0 Å². The van der Waals surface area contributed by atoms with Gasteiger partial charge in [-0.3, -0.25) is 4.79 Å². The lowest BCUT2D eigenvalue weighted by atomic mass is 9.78. The number of aromatic nitrogens is 2. The second kappa shape index (κ2) is 13.4. The van der Waals surface area contributed by atoms with Crippen molar-refractivity contribution < 1.29 is 18.7 Å². The van der Waals surface area contributed by atoms with Crippen molar-refractivity contribution in [2.45, 2.75) is 82.1 Å². The molecule has 0 aliphatic heterocycles. The minimum absolute atomic E-state index is 0.0886. The van der Waals surface area contributed by atoms with Crippen LogP contribution in [0.15, 0.2) is 53.3 Å². The van der Waals surface area contributed by atoms with E-state index < -0.39 is 6.09 Å². The number of alkyl carbamates (subject to hydrolysis) is 1. The van der Waals surface area contributed by atoms with Gasteiger partial charge in [0.25, 0.3) is 0 Å². The second-order valence-corrected chi connectivity index (χ2v) is 13.0. The highest BCUT2D eigenvalue weighted by Gasteiger charge is 2.34. The van der Waals surface area contributed by atoms with Gasteiger partial charge in [0.15, 0.2) is 5.89 Å². The highest BCUT2D eigenvalue weighted by Crippen LogP contribution is 2.41. The van der Waals surface area contributed by atoms with Crippen molar-refractivity contribution in [3.05, 3.63) is 60.3 Å². The first-order valence-electron chi connectivity index (χ1n) is 16.3. The van der Waals surface area contributed by atoms with Gasteiger partial charge in [0.2, 0.25) is 5.91 Å². The van der Waals surface area contributed by atoms with E-state index in [1.165, 1.54) is 5.56 Å². The standard InChI is InChI=1S/C35H45N5O4/c1-36-35(42)44-30-16-13-26(14-17-30)34(41)40(29-6-4-5-27(19-29)31-22-43-33(38-31)25-11-12-25)21-23-7-9-24(10-8-23)28-15-18-32(37-20-28)39(2)3/h4-6,15,18-20,22-26,30H,7-14,16-17,21H2,1-3H3,(H,36,42)/t23-,24-,26-,30-. The lowest BCUT2D eigenvalue weighted by Crippen LogP contribution is -2.42. The number of amides is 2. The molecule has 9 heteroatoms. The van der Waals surface area contributed by atoms with E-state index in [0.717, 1.165) is 67.2 Å². The molecular formula is C35H45N5O4. The molecule has 2 aromatic heterocycles. The summed E-state index contributed by atoms with van der Waals surface area (Å²) in [5, 5.41) is 2.53. The molecule has 3 fully saturated rings. The molecular weight excluding hydrogens is 554 g/mol. The average Bonchev–Trinajstić information content (AvgIpc) is 3.79. The molecule has 3 aliphatic carbocycles. The second-order valence-electron chi connectivity index (χ2n) is 13.0. The van der Waals surface area contributed by atoms with Crippen LogP contribution in [-0.4, -0.2) is 55.8 Å². The maximum Gasteiger partial charge on any atom is 0.407 e. The molecule has 3 aromatic rings. The zero-order chi connectivity index (χ0) is 30.6. The summed E-state index contributed by atoms with van der Waals surface area (Å²) < 4.78 is 11.3. The molecule has 0 unspecified atom stereocenters. The van der Waals surface area contributed by atoms with E-state index in [-0.39, 0.29) is 17.9 Å². The number of hydrogen-bond donors (Lipinski definition) is 1. The van der Waals surface area contributed by atoms with Crippen molar-refractivity contribution in [2.75, 3.05) is 37.5 Å². The van der Waals surface area contributed by atoms with E-state index in [2.05, 4.69) is 28.5 Å². The molecule has 44 heavy (non-hydrogen) atoms. The Hall–Kier alpha value is -3.88.